The van der Waals surface area contributed by atoms with Gasteiger partial charge in [0.25, 0.3) is 5.91 Å². The summed E-state index contributed by atoms with van der Waals surface area (Å²) in [6, 6.07) is 8.24. The molecule has 1 saturated heterocycles. The third-order valence-electron chi connectivity index (χ3n) is 5.24. The smallest absolute Gasteiger partial charge is 0.416 e. The number of halogens is 3. The minimum atomic E-state index is -4.42. The monoisotopic (exact) mass is 420 g/mol. The number of carbonyl (C=O) groups excluding carboxylic acids is 1. The number of alkyl halides is 3. The Balaban J connectivity index is 1.55. The molecular formula is C21H19F3N2O2S. The standard InChI is InChI=1S/C21H19F3N2O2S/c22-21(23,24)14-6-4-5-13(11-14)18-10-9-16(28-18)12-17-19(27)26(20(29)25-17)15-7-2-1-3-8-15/h4-6,9-12,15H,1-3,7-8H2,(H,25,29)/b17-12-. The molecule has 152 valence electrons. The van der Waals surface area contributed by atoms with Gasteiger partial charge in [0.05, 0.1) is 5.56 Å². The lowest BCUT2D eigenvalue weighted by Crippen LogP contribution is -2.41. The third-order valence-corrected chi connectivity index (χ3v) is 5.54. The van der Waals surface area contributed by atoms with Gasteiger partial charge in [-0.25, -0.2) is 0 Å². The second-order valence-corrected chi connectivity index (χ2v) is 7.62. The normalized spacial score (nSPS) is 19.8. The van der Waals surface area contributed by atoms with Crippen LogP contribution < -0.4 is 5.32 Å². The molecule has 29 heavy (non-hydrogen) atoms. The van der Waals surface area contributed by atoms with E-state index < -0.39 is 11.7 Å². The van der Waals surface area contributed by atoms with Gasteiger partial charge >= 0.3 is 6.18 Å². The molecule has 2 aliphatic rings. The fraction of sp³-hybridized carbons (Fsp3) is 0.333. The number of thiocarbonyl (C=S) groups is 1. The molecule has 4 rings (SSSR count). The van der Waals surface area contributed by atoms with Gasteiger partial charge in [0.2, 0.25) is 0 Å². The molecule has 2 fully saturated rings. The molecule has 1 aliphatic carbocycles. The van der Waals surface area contributed by atoms with E-state index in [1.165, 1.54) is 18.6 Å². The van der Waals surface area contributed by atoms with Crippen molar-refractivity contribution >= 4 is 29.3 Å². The number of nitrogens with one attached hydrogen (secondary N) is 1. The SMILES string of the molecule is O=C1/C(=C/c2ccc(-c3cccc(C(F)(F)F)c3)o2)NC(=S)N1C1CCCCC1. The highest BCUT2D eigenvalue weighted by molar-refractivity contribution is 7.80. The van der Waals surface area contributed by atoms with Crippen molar-refractivity contribution in [1.29, 1.82) is 0 Å². The number of amides is 1. The number of rotatable bonds is 3. The molecular weight excluding hydrogens is 401 g/mol. The average molecular weight is 420 g/mol. The molecule has 4 nitrogen and oxygen atoms in total. The highest BCUT2D eigenvalue weighted by Crippen LogP contribution is 2.33. The molecule has 1 aromatic carbocycles. The third kappa shape index (κ3) is 4.07. The minimum Gasteiger partial charge on any atom is -0.457 e. The first-order valence-electron chi connectivity index (χ1n) is 9.46. The van der Waals surface area contributed by atoms with E-state index >= 15 is 0 Å². The van der Waals surface area contributed by atoms with E-state index in [0.717, 1.165) is 37.8 Å². The molecule has 2 aromatic rings. The summed E-state index contributed by atoms with van der Waals surface area (Å²) in [5.74, 6) is 0.459. The fourth-order valence-electron chi connectivity index (χ4n) is 3.80. The Morgan fingerprint density at radius 1 is 1.14 bits per heavy atom. The number of benzene rings is 1. The zero-order chi connectivity index (χ0) is 20.6. The van der Waals surface area contributed by atoms with E-state index in [0.29, 0.717) is 27.9 Å². The molecule has 1 aliphatic heterocycles. The van der Waals surface area contributed by atoms with Gasteiger partial charge in [0.15, 0.2) is 5.11 Å². The molecule has 1 N–H and O–H groups in total. The van der Waals surface area contributed by atoms with Crippen LogP contribution in [-0.2, 0) is 11.0 Å². The summed E-state index contributed by atoms with van der Waals surface area (Å²) in [7, 11) is 0. The fourth-order valence-corrected chi connectivity index (χ4v) is 4.14. The van der Waals surface area contributed by atoms with Crippen LogP contribution in [0, 0.1) is 0 Å². The summed E-state index contributed by atoms with van der Waals surface area (Å²) in [5.41, 5.74) is -0.118. The van der Waals surface area contributed by atoms with Crippen molar-refractivity contribution in [2.45, 2.75) is 44.3 Å². The van der Waals surface area contributed by atoms with Crippen LogP contribution in [0.25, 0.3) is 17.4 Å². The number of hydrogen-bond donors (Lipinski definition) is 1. The summed E-state index contributed by atoms with van der Waals surface area (Å²) in [4.78, 5) is 14.4. The molecule has 1 saturated carbocycles. The summed E-state index contributed by atoms with van der Waals surface area (Å²) in [6.07, 6.45) is 2.30. The number of nitrogens with zero attached hydrogens (tertiary/aromatic N) is 1. The second-order valence-electron chi connectivity index (χ2n) is 7.24. The lowest BCUT2D eigenvalue weighted by Gasteiger charge is -2.29. The maximum absolute atomic E-state index is 12.9. The second kappa shape index (κ2) is 7.67. The molecule has 0 bridgehead atoms. The van der Waals surface area contributed by atoms with Crippen LogP contribution >= 0.6 is 12.2 Å². The van der Waals surface area contributed by atoms with Crippen molar-refractivity contribution in [1.82, 2.24) is 10.2 Å². The highest BCUT2D eigenvalue weighted by atomic mass is 32.1. The first-order valence-corrected chi connectivity index (χ1v) is 9.87. The number of furan rings is 1. The topological polar surface area (TPSA) is 45.5 Å². The first kappa shape index (κ1) is 19.7. The van der Waals surface area contributed by atoms with Gasteiger partial charge in [-0.2, -0.15) is 13.2 Å². The Hall–Kier alpha value is -2.61. The quantitative estimate of drug-likeness (QED) is 0.537. The van der Waals surface area contributed by atoms with Crippen molar-refractivity contribution in [3.63, 3.8) is 0 Å². The van der Waals surface area contributed by atoms with Crippen molar-refractivity contribution in [2.24, 2.45) is 0 Å². The molecule has 1 amide bonds. The maximum Gasteiger partial charge on any atom is 0.416 e. The van der Waals surface area contributed by atoms with Gasteiger partial charge in [0.1, 0.15) is 17.2 Å². The van der Waals surface area contributed by atoms with Crippen molar-refractivity contribution in [3.8, 4) is 11.3 Å². The summed E-state index contributed by atoms with van der Waals surface area (Å²) >= 11 is 5.34. The Morgan fingerprint density at radius 2 is 1.90 bits per heavy atom. The van der Waals surface area contributed by atoms with E-state index in [1.807, 2.05) is 0 Å². The van der Waals surface area contributed by atoms with Crippen LogP contribution in [0.15, 0.2) is 46.5 Å². The Kier molecular flexibility index (Phi) is 5.21. The lowest BCUT2D eigenvalue weighted by molar-refractivity contribution is -0.137. The molecule has 0 unspecified atom stereocenters. The maximum atomic E-state index is 12.9. The lowest BCUT2D eigenvalue weighted by atomic mass is 9.94. The van der Waals surface area contributed by atoms with Gasteiger partial charge in [0, 0.05) is 17.7 Å². The van der Waals surface area contributed by atoms with Crippen LogP contribution in [0.3, 0.4) is 0 Å². The largest absolute Gasteiger partial charge is 0.457 e. The molecule has 0 spiro atoms. The van der Waals surface area contributed by atoms with Crippen LogP contribution in [0.4, 0.5) is 13.2 Å². The first-order chi connectivity index (χ1) is 13.8. The van der Waals surface area contributed by atoms with Gasteiger partial charge < -0.3 is 9.73 Å². The van der Waals surface area contributed by atoms with Crippen LogP contribution in [-0.4, -0.2) is 22.0 Å². The van der Waals surface area contributed by atoms with Gasteiger partial charge in [-0.05, 0) is 49.3 Å². The average Bonchev–Trinajstić information content (AvgIpc) is 3.27. The summed E-state index contributed by atoms with van der Waals surface area (Å²) in [5, 5.41) is 3.32. The minimum absolute atomic E-state index is 0.111. The van der Waals surface area contributed by atoms with E-state index in [2.05, 4.69) is 5.32 Å². The van der Waals surface area contributed by atoms with Crippen LogP contribution in [0.5, 0.6) is 0 Å². The van der Waals surface area contributed by atoms with Gasteiger partial charge in [-0.1, -0.05) is 31.4 Å². The Morgan fingerprint density at radius 3 is 2.62 bits per heavy atom. The predicted octanol–water partition coefficient (Wildman–Crippen LogP) is 5.36. The predicted molar refractivity (Wildman–Crippen MR) is 107 cm³/mol. The van der Waals surface area contributed by atoms with Gasteiger partial charge in [-0.3, -0.25) is 9.69 Å². The zero-order valence-corrected chi connectivity index (χ0v) is 16.3. The van der Waals surface area contributed by atoms with E-state index in [1.54, 1.807) is 23.1 Å². The Bertz CT molecular complexity index is 974. The summed E-state index contributed by atoms with van der Waals surface area (Å²) in [6.45, 7) is 0. The summed E-state index contributed by atoms with van der Waals surface area (Å²) < 4.78 is 44.4. The number of carbonyl (C=O) groups is 1. The van der Waals surface area contributed by atoms with E-state index in [9.17, 15) is 18.0 Å². The van der Waals surface area contributed by atoms with Gasteiger partial charge in [-0.15, -0.1) is 0 Å². The molecule has 1 aromatic heterocycles. The highest BCUT2D eigenvalue weighted by Gasteiger charge is 2.36. The van der Waals surface area contributed by atoms with E-state index in [-0.39, 0.29) is 11.9 Å². The number of hydrogen-bond acceptors (Lipinski definition) is 3. The van der Waals surface area contributed by atoms with Crippen molar-refractivity contribution < 1.29 is 22.4 Å². The van der Waals surface area contributed by atoms with E-state index in [4.69, 9.17) is 16.6 Å². The van der Waals surface area contributed by atoms with Crippen LogP contribution in [0.1, 0.15) is 43.4 Å². The molecule has 0 atom stereocenters. The zero-order valence-electron chi connectivity index (χ0n) is 15.5. The molecule has 8 heteroatoms. The van der Waals surface area contributed by atoms with Crippen molar-refractivity contribution in [3.05, 3.63) is 53.4 Å². The molecule has 2 heterocycles. The molecule has 0 radical (unpaired) electrons. The van der Waals surface area contributed by atoms with Crippen molar-refractivity contribution in [2.75, 3.05) is 0 Å². The van der Waals surface area contributed by atoms with Crippen LogP contribution in [0.2, 0.25) is 0 Å². The Labute approximate surface area is 171 Å².